The van der Waals surface area contributed by atoms with Gasteiger partial charge in [0, 0.05) is 5.92 Å². The number of carbonyl (C=O) groups is 2. The van der Waals surface area contributed by atoms with Gasteiger partial charge in [-0.1, -0.05) is 54.6 Å². The van der Waals surface area contributed by atoms with Crippen LogP contribution in [0.2, 0.25) is 0 Å². The van der Waals surface area contributed by atoms with Gasteiger partial charge in [0.1, 0.15) is 6.61 Å². The molecule has 1 aliphatic rings. The molecule has 1 atom stereocenters. The quantitative estimate of drug-likeness (QED) is 0.454. The number of carboxylic acids is 1. The molecular formula is C21H21NO4. The molecule has 2 aromatic carbocycles. The van der Waals surface area contributed by atoms with E-state index in [0.29, 0.717) is 6.42 Å². The van der Waals surface area contributed by atoms with Crippen LogP contribution in [0.25, 0.3) is 11.1 Å². The second-order valence-electron chi connectivity index (χ2n) is 6.43. The van der Waals surface area contributed by atoms with Gasteiger partial charge in [0.25, 0.3) is 0 Å². The molecule has 3 rings (SSSR count). The lowest BCUT2D eigenvalue weighted by atomic mass is 9.94. The third-order valence-electron chi connectivity index (χ3n) is 4.83. The molecule has 0 radical (unpaired) electrons. The topological polar surface area (TPSA) is 89.6 Å². The molecular weight excluding hydrogens is 330 g/mol. The zero-order valence-corrected chi connectivity index (χ0v) is 14.4. The molecule has 0 saturated carbocycles. The number of ether oxygens (including phenoxy) is 1. The number of aliphatic carboxylic acids is 1. The summed E-state index contributed by atoms with van der Waals surface area (Å²) in [4.78, 5) is 23.9. The summed E-state index contributed by atoms with van der Waals surface area (Å²) in [5.41, 5.74) is 8.09. The Labute approximate surface area is 152 Å². The Morgan fingerprint density at radius 1 is 1.12 bits per heavy atom. The van der Waals surface area contributed by atoms with Gasteiger partial charge in [-0.2, -0.15) is 0 Å². The second kappa shape index (κ2) is 7.14. The lowest BCUT2D eigenvalue weighted by Crippen LogP contribution is -2.55. The van der Waals surface area contributed by atoms with Crippen molar-refractivity contribution in [1.82, 2.24) is 0 Å². The third kappa shape index (κ3) is 3.02. The number of allylic oxidation sites excluding steroid dienone is 1. The van der Waals surface area contributed by atoms with E-state index in [2.05, 4.69) is 6.58 Å². The van der Waals surface area contributed by atoms with E-state index >= 15 is 0 Å². The normalized spacial score (nSPS) is 14.8. The molecule has 0 bridgehead atoms. The summed E-state index contributed by atoms with van der Waals surface area (Å²) in [6.45, 7) is 3.59. The molecule has 5 nitrogen and oxygen atoms in total. The summed E-state index contributed by atoms with van der Waals surface area (Å²) in [7, 11) is 0. The Morgan fingerprint density at radius 3 is 2.15 bits per heavy atom. The fourth-order valence-corrected chi connectivity index (χ4v) is 3.35. The Kier molecular flexibility index (Phi) is 4.91. The molecule has 2 aromatic rings. The highest BCUT2D eigenvalue weighted by atomic mass is 16.5. The summed E-state index contributed by atoms with van der Waals surface area (Å²) >= 11 is 0. The van der Waals surface area contributed by atoms with Crippen molar-refractivity contribution < 1.29 is 19.4 Å². The van der Waals surface area contributed by atoms with Crippen LogP contribution in [-0.2, 0) is 14.3 Å². The highest BCUT2D eigenvalue weighted by Crippen LogP contribution is 2.44. The molecule has 1 unspecified atom stereocenters. The number of carbonyl (C=O) groups excluding carboxylic acids is 1. The minimum Gasteiger partial charge on any atom is -0.479 e. The number of rotatable bonds is 7. The van der Waals surface area contributed by atoms with Crippen molar-refractivity contribution in [2.24, 2.45) is 5.73 Å². The van der Waals surface area contributed by atoms with Crippen LogP contribution >= 0.6 is 0 Å². The summed E-state index contributed by atoms with van der Waals surface area (Å²) < 4.78 is 5.38. The maximum absolute atomic E-state index is 12.4. The fourth-order valence-electron chi connectivity index (χ4n) is 3.35. The number of hydrogen-bond acceptors (Lipinski definition) is 4. The Morgan fingerprint density at radius 2 is 1.65 bits per heavy atom. The van der Waals surface area contributed by atoms with Crippen LogP contribution in [-0.4, -0.2) is 29.2 Å². The first-order chi connectivity index (χ1) is 12.5. The molecule has 0 aliphatic heterocycles. The van der Waals surface area contributed by atoms with Gasteiger partial charge in [-0.25, -0.2) is 9.59 Å². The van der Waals surface area contributed by atoms with Gasteiger partial charge in [-0.15, -0.1) is 6.58 Å². The minimum atomic E-state index is -2.06. The number of nitrogens with two attached hydrogens (primary N) is 1. The third-order valence-corrected chi connectivity index (χ3v) is 4.83. The molecule has 0 heterocycles. The van der Waals surface area contributed by atoms with Crippen molar-refractivity contribution in [3.8, 4) is 11.1 Å². The van der Waals surface area contributed by atoms with Crippen molar-refractivity contribution in [2.75, 3.05) is 6.61 Å². The maximum Gasteiger partial charge on any atom is 0.337 e. The van der Waals surface area contributed by atoms with Crippen LogP contribution in [0.3, 0.4) is 0 Å². The van der Waals surface area contributed by atoms with Crippen LogP contribution in [0, 0.1) is 0 Å². The Hall–Kier alpha value is -2.92. The van der Waals surface area contributed by atoms with E-state index in [9.17, 15) is 14.7 Å². The van der Waals surface area contributed by atoms with E-state index in [-0.39, 0.29) is 18.9 Å². The predicted octanol–water partition coefficient (Wildman–Crippen LogP) is 3.09. The summed E-state index contributed by atoms with van der Waals surface area (Å²) in [6.07, 6.45) is 1.79. The van der Waals surface area contributed by atoms with Crippen molar-refractivity contribution in [2.45, 2.75) is 24.3 Å². The fraction of sp³-hybridized carbons (Fsp3) is 0.238. The van der Waals surface area contributed by atoms with E-state index in [1.807, 2.05) is 48.5 Å². The predicted molar refractivity (Wildman–Crippen MR) is 98.7 cm³/mol. The van der Waals surface area contributed by atoms with Gasteiger partial charge in [-0.3, -0.25) is 0 Å². The first-order valence-corrected chi connectivity index (χ1v) is 8.47. The molecule has 0 aromatic heterocycles. The van der Waals surface area contributed by atoms with Crippen molar-refractivity contribution in [3.63, 3.8) is 0 Å². The van der Waals surface area contributed by atoms with E-state index in [0.717, 1.165) is 22.3 Å². The number of esters is 1. The number of fused-ring (bicyclic) bond motifs is 3. The average molecular weight is 351 g/mol. The molecule has 0 fully saturated rings. The summed E-state index contributed by atoms with van der Waals surface area (Å²) in [5, 5.41) is 9.38. The standard InChI is InChI=1S/C21H21NO4/c1-2-3-12-21(22,19(23)24)20(25)26-13-18-16-10-6-4-8-14(16)15-9-5-7-11-17(15)18/h2,4-11,18H,1,3,12-13,22H2,(H,23,24). The van der Waals surface area contributed by atoms with Crippen molar-refractivity contribution >= 4 is 11.9 Å². The maximum atomic E-state index is 12.4. The molecule has 0 saturated heterocycles. The van der Waals surface area contributed by atoms with Gasteiger partial charge >= 0.3 is 11.9 Å². The van der Waals surface area contributed by atoms with Gasteiger partial charge in [0.2, 0.25) is 5.54 Å². The van der Waals surface area contributed by atoms with Crippen LogP contribution in [0.1, 0.15) is 29.9 Å². The first kappa shape index (κ1) is 17.9. The first-order valence-electron chi connectivity index (χ1n) is 8.47. The minimum absolute atomic E-state index is 0.0488. The van der Waals surface area contributed by atoms with Crippen molar-refractivity contribution in [3.05, 3.63) is 72.3 Å². The zero-order chi connectivity index (χ0) is 18.7. The van der Waals surface area contributed by atoms with Gasteiger partial charge in [-0.05, 0) is 35.1 Å². The zero-order valence-electron chi connectivity index (χ0n) is 14.4. The summed E-state index contributed by atoms with van der Waals surface area (Å²) in [5.74, 6) is -2.45. The molecule has 134 valence electrons. The van der Waals surface area contributed by atoms with Crippen LogP contribution in [0.4, 0.5) is 0 Å². The van der Waals surface area contributed by atoms with Crippen LogP contribution in [0.15, 0.2) is 61.2 Å². The molecule has 26 heavy (non-hydrogen) atoms. The Balaban J connectivity index is 1.82. The smallest absolute Gasteiger partial charge is 0.337 e. The number of benzene rings is 2. The molecule has 3 N–H and O–H groups in total. The average Bonchev–Trinajstić information content (AvgIpc) is 2.98. The number of hydrogen-bond donors (Lipinski definition) is 2. The van der Waals surface area contributed by atoms with Crippen LogP contribution in [0.5, 0.6) is 0 Å². The van der Waals surface area contributed by atoms with Crippen molar-refractivity contribution in [1.29, 1.82) is 0 Å². The highest BCUT2D eigenvalue weighted by molar-refractivity contribution is 6.03. The summed E-state index contributed by atoms with van der Waals surface area (Å²) in [6, 6.07) is 15.9. The monoisotopic (exact) mass is 351 g/mol. The van der Waals surface area contributed by atoms with Gasteiger partial charge < -0.3 is 15.6 Å². The number of carboxylic acid groups (broad SMARTS) is 1. The Bertz CT molecular complexity index is 815. The molecule has 0 spiro atoms. The highest BCUT2D eigenvalue weighted by Gasteiger charge is 2.44. The lowest BCUT2D eigenvalue weighted by Gasteiger charge is -2.23. The lowest BCUT2D eigenvalue weighted by molar-refractivity contribution is -0.161. The second-order valence-corrected chi connectivity index (χ2v) is 6.43. The molecule has 1 aliphatic carbocycles. The van der Waals surface area contributed by atoms with Gasteiger partial charge in [0.15, 0.2) is 0 Å². The van der Waals surface area contributed by atoms with Crippen LogP contribution < -0.4 is 5.73 Å². The largest absolute Gasteiger partial charge is 0.479 e. The molecule has 0 amide bonds. The van der Waals surface area contributed by atoms with Gasteiger partial charge in [0.05, 0.1) is 0 Å². The van der Waals surface area contributed by atoms with E-state index in [1.165, 1.54) is 6.08 Å². The van der Waals surface area contributed by atoms with E-state index in [1.54, 1.807) is 0 Å². The van der Waals surface area contributed by atoms with E-state index in [4.69, 9.17) is 10.5 Å². The SMILES string of the molecule is C=CCCC(N)(C(=O)O)C(=O)OCC1c2ccccc2-c2ccccc21. The van der Waals surface area contributed by atoms with E-state index < -0.39 is 17.5 Å². The molecule has 5 heteroatoms.